The number of methoxy groups -OCH3 is 1. The molecule has 1 heterocycles. The number of hydrogen-bond acceptors (Lipinski definition) is 5. The number of carbonyl (C=O) groups excluding carboxylic acids is 3. The number of hydrogen-bond donors (Lipinski definition) is 2. The third-order valence-corrected chi connectivity index (χ3v) is 5.05. The number of nitrogens with one attached hydrogen (secondary N) is 2. The van der Waals surface area contributed by atoms with Crippen LogP contribution < -0.4 is 15.5 Å². The van der Waals surface area contributed by atoms with Gasteiger partial charge in [-0.2, -0.15) is 5.01 Å². The van der Waals surface area contributed by atoms with Crippen molar-refractivity contribution < 1.29 is 19.1 Å². The third kappa shape index (κ3) is 4.62. The van der Waals surface area contributed by atoms with Crippen LogP contribution in [0.5, 0.6) is 5.75 Å². The van der Waals surface area contributed by atoms with Crippen LogP contribution >= 0.6 is 0 Å². The minimum Gasteiger partial charge on any atom is -0.497 e. The van der Waals surface area contributed by atoms with E-state index in [0.29, 0.717) is 17.2 Å². The predicted molar refractivity (Wildman–Crippen MR) is 105 cm³/mol. The maximum Gasteiger partial charge on any atom is 0.344 e. The molecule has 1 aliphatic heterocycles. The Morgan fingerprint density at radius 3 is 2.39 bits per heavy atom. The Labute approximate surface area is 166 Å². The van der Waals surface area contributed by atoms with Gasteiger partial charge in [-0.1, -0.05) is 26.0 Å². The molecule has 8 nitrogen and oxygen atoms in total. The first-order chi connectivity index (χ1) is 13.1. The van der Waals surface area contributed by atoms with E-state index in [2.05, 4.69) is 24.6 Å². The van der Waals surface area contributed by atoms with E-state index in [1.165, 1.54) is 0 Å². The van der Waals surface area contributed by atoms with Crippen molar-refractivity contribution in [1.29, 1.82) is 0 Å². The quantitative estimate of drug-likeness (QED) is 0.661. The number of likely N-dealkylation sites (N-methyl/N-ethyl adjacent to an activating group) is 1. The van der Waals surface area contributed by atoms with Crippen molar-refractivity contribution in [3.8, 4) is 5.75 Å². The van der Waals surface area contributed by atoms with E-state index in [-0.39, 0.29) is 12.6 Å². The van der Waals surface area contributed by atoms with Gasteiger partial charge in [-0.25, -0.2) is 4.79 Å². The van der Waals surface area contributed by atoms with Gasteiger partial charge in [-0.05, 0) is 50.9 Å². The van der Waals surface area contributed by atoms with E-state index in [4.69, 9.17) is 4.74 Å². The summed E-state index contributed by atoms with van der Waals surface area (Å²) < 4.78 is 5.12. The van der Waals surface area contributed by atoms with Crippen molar-refractivity contribution in [3.63, 3.8) is 0 Å². The maximum absolute atomic E-state index is 12.9. The molecule has 1 aromatic carbocycles. The molecule has 0 saturated carbocycles. The van der Waals surface area contributed by atoms with E-state index in [9.17, 15) is 14.4 Å². The zero-order valence-electron chi connectivity index (χ0n) is 17.4. The van der Waals surface area contributed by atoms with Crippen LogP contribution in [-0.2, 0) is 15.1 Å². The van der Waals surface area contributed by atoms with Crippen LogP contribution in [0.2, 0.25) is 0 Å². The van der Waals surface area contributed by atoms with E-state index in [1.54, 1.807) is 38.3 Å². The normalized spacial score (nSPS) is 20.5. The summed E-state index contributed by atoms with van der Waals surface area (Å²) in [7, 11) is 3.40. The van der Waals surface area contributed by atoms with Gasteiger partial charge in [0.2, 0.25) is 0 Å². The number of amides is 4. The molecule has 1 saturated heterocycles. The lowest BCUT2D eigenvalue weighted by Gasteiger charge is -2.26. The van der Waals surface area contributed by atoms with E-state index < -0.39 is 23.4 Å². The Bertz CT molecular complexity index is 734. The van der Waals surface area contributed by atoms with Crippen LogP contribution in [0.15, 0.2) is 24.3 Å². The van der Waals surface area contributed by atoms with Crippen molar-refractivity contribution >= 4 is 17.8 Å². The number of nitrogens with zero attached hydrogens (tertiary/aromatic N) is 2. The summed E-state index contributed by atoms with van der Waals surface area (Å²) in [6.45, 7) is 7.99. The van der Waals surface area contributed by atoms with Crippen molar-refractivity contribution in [2.75, 3.05) is 20.7 Å². The maximum atomic E-state index is 12.9. The number of benzene rings is 1. The van der Waals surface area contributed by atoms with E-state index >= 15 is 0 Å². The number of carbonyl (C=O) groups is 3. The minimum atomic E-state index is -1.26. The minimum absolute atomic E-state index is 0.0875. The monoisotopic (exact) mass is 390 g/mol. The predicted octanol–water partition coefficient (Wildman–Crippen LogP) is 1.86. The highest BCUT2D eigenvalue weighted by Gasteiger charge is 2.50. The fourth-order valence-electron chi connectivity index (χ4n) is 3.27. The second kappa shape index (κ2) is 8.60. The van der Waals surface area contributed by atoms with Crippen molar-refractivity contribution in [2.45, 2.75) is 45.7 Å². The summed E-state index contributed by atoms with van der Waals surface area (Å²) in [6, 6.07) is 6.40. The Kier molecular flexibility index (Phi) is 6.66. The standard InChI is InChI=1S/C20H30N4O4/c1-13(2)11-14(3)23(5)12-17(25)22-24-18(26)20(4,21-19(24)27)15-7-9-16(28-6)10-8-15/h7-10,13-14H,11-12H2,1-6H3,(H,21,27)(H,22,25). The number of hydrazine groups is 1. The molecule has 2 atom stereocenters. The molecule has 1 fully saturated rings. The fourth-order valence-corrected chi connectivity index (χ4v) is 3.27. The Morgan fingerprint density at radius 2 is 1.86 bits per heavy atom. The van der Waals surface area contributed by atoms with Gasteiger partial charge < -0.3 is 10.1 Å². The van der Waals surface area contributed by atoms with Gasteiger partial charge in [0.15, 0.2) is 0 Å². The van der Waals surface area contributed by atoms with Gasteiger partial charge in [0.1, 0.15) is 11.3 Å². The summed E-state index contributed by atoms with van der Waals surface area (Å²) in [6.07, 6.45) is 0.947. The molecule has 0 aliphatic carbocycles. The molecular formula is C20H30N4O4. The van der Waals surface area contributed by atoms with Crippen LogP contribution in [0, 0.1) is 5.92 Å². The lowest BCUT2D eigenvalue weighted by atomic mass is 9.92. The Hall–Kier alpha value is -2.61. The summed E-state index contributed by atoms with van der Waals surface area (Å²) in [5.41, 5.74) is 1.78. The van der Waals surface area contributed by atoms with Gasteiger partial charge in [0.05, 0.1) is 13.7 Å². The van der Waals surface area contributed by atoms with Gasteiger partial charge in [0.25, 0.3) is 11.8 Å². The second-order valence-electron chi connectivity index (χ2n) is 7.85. The Balaban J connectivity index is 2.05. The molecule has 0 aromatic heterocycles. The average Bonchev–Trinajstić information content (AvgIpc) is 2.85. The van der Waals surface area contributed by atoms with Crippen LogP contribution in [0.3, 0.4) is 0 Å². The van der Waals surface area contributed by atoms with Gasteiger partial charge in [-0.3, -0.25) is 19.9 Å². The molecule has 0 spiro atoms. The smallest absolute Gasteiger partial charge is 0.344 e. The first kappa shape index (κ1) is 21.7. The van der Waals surface area contributed by atoms with Crippen molar-refractivity contribution in [2.24, 2.45) is 5.92 Å². The topological polar surface area (TPSA) is 91.0 Å². The first-order valence-corrected chi connectivity index (χ1v) is 9.39. The zero-order valence-corrected chi connectivity index (χ0v) is 17.4. The lowest BCUT2D eigenvalue weighted by molar-refractivity contribution is -0.139. The second-order valence-corrected chi connectivity index (χ2v) is 7.85. The lowest BCUT2D eigenvalue weighted by Crippen LogP contribution is -2.51. The number of rotatable bonds is 8. The Morgan fingerprint density at radius 1 is 1.25 bits per heavy atom. The summed E-state index contributed by atoms with van der Waals surface area (Å²) >= 11 is 0. The summed E-state index contributed by atoms with van der Waals surface area (Å²) in [4.78, 5) is 39.5. The zero-order chi connectivity index (χ0) is 21.1. The molecule has 4 amide bonds. The summed E-state index contributed by atoms with van der Waals surface area (Å²) in [5.74, 6) is 0.207. The third-order valence-electron chi connectivity index (χ3n) is 5.05. The van der Waals surface area contributed by atoms with Crippen LogP contribution in [0.4, 0.5) is 4.79 Å². The summed E-state index contributed by atoms with van der Waals surface area (Å²) in [5, 5.41) is 3.42. The first-order valence-electron chi connectivity index (χ1n) is 9.39. The molecular weight excluding hydrogens is 360 g/mol. The molecule has 28 heavy (non-hydrogen) atoms. The van der Waals surface area contributed by atoms with Gasteiger partial charge >= 0.3 is 6.03 Å². The molecule has 2 rings (SSSR count). The SMILES string of the molecule is COc1ccc(C2(C)NC(=O)N(NC(=O)CN(C)C(C)CC(C)C)C2=O)cc1. The molecule has 0 radical (unpaired) electrons. The van der Waals surface area contributed by atoms with Gasteiger partial charge in [0, 0.05) is 6.04 Å². The molecule has 1 aromatic rings. The molecule has 2 N–H and O–H groups in total. The molecule has 8 heteroatoms. The average molecular weight is 390 g/mol. The number of urea groups is 1. The van der Waals surface area contributed by atoms with E-state index in [0.717, 1.165) is 11.4 Å². The molecule has 2 unspecified atom stereocenters. The van der Waals surface area contributed by atoms with Crippen LogP contribution in [-0.4, -0.2) is 54.5 Å². The number of imide groups is 1. The van der Waals surface area contributed by atoms with Crippen molar-refractivity contribution in [1.82, 2.24) is 20.7 Å². The highest BCUT2D eigenvalue weighted by Crippen LogP contribution is 2.29. The molecule has 154 valence electrons. The largest absolute Gasteiger partial charge is 0.497 e. The molecule has 0 bridgehead atoms. The van der Waals surface area contributed by atoms with Crippen LogP contribution in [0.25, 0.3) is 0 Å². The molecule has 1 aliphatic rings. The number of ether oxygens (including phenoxy) is 1. The van der Waals surface area contributed by atoms with Crippen molar-refractivity contribution in [3.05, 3.63) is 29.8 Å². The highest BCUT2D eigenvalue weighted by atomic mass is 16.5. The van der Waals surface area contributed by atoms with Crippen LogP contribution in [0.1, 0.15) is 39.7 Å². The fraction of sp³-hybridized carbons (Fsp3) is 0.550. The van der Waals surface area contributed by atoms with E-state index in [1.807, 2.05) is 18.9 Å². The highest BCUT2D eigenvalue weighted by molar-refractivity contribution is 6.08. The van der Waals surface area contributed by atoms with Gasteiger partial charge in [-0.15, -0.1) is 0 Å².